The lowest BCUT2D eigenvalue weighted by Gasteiger charge is -2.11. The number of benzene rings is 2. The molecule has 0 fully saturated rings. The van der Waals surface area contributed by atoms with E-state index < -0.39 is 24.2 Å². The normalized spacial score (nSPS) is 12.5. The molecule has 0 spiro atoms. The average Bonchev–Trinajstić information content (AvgIpc) is 3.12. The molecule has 1 unspecified atom stereocenters. The Hall–Kier alpha value is -3.36. The molecule has 0 saturated heterocycles. The first-order chi connectivity index (χ1) is 13.2. The Bertz CT molecular complexity index is 951. The van der Waals surface area contributed by atoms with E-state index in [0.717, 1.165) is 23.3 Å². The van der Waals surface area contributed by atoms with E-state index in [-0.39, 0.29) is 17.3 Å². The SMILES string of the molecule is Cc1ccc(-c2nnc(C(C)OC(=O)c3ccc(OC(F)(F)F)cc3)o2)cc1. The summed E-state index contributed by atoms with van der Waals surface area (Å²) in [6.07, 6.45) is -5.64. The van der Waals surface area contributed by atoms with Gasteiger partial charge < -0.3 is 13.9 Å². The number of ether oxygens (including phenoxy) is 2. The Labute approximate surface area is 157 Å². The van der Waals surface area contributed by atoms with E-state index in [9.17, 15) is 18.0 Å². The number of aromatic nitrogens is 2. The van der Waals surface area contributed by atoms with Crippen LogP contribution >= 0.6 is 0 Å². The molecule has 3 rings (SSSR count). The summed E-state index contributed by atoms with van der Waals surface area (Å²) in [5.41, 5.74) is 1.86. The van der Waals surface area contributed by atoms with Gasteiger partial charge in [-0.1, -0.05) is 17.7 Å². The number of carbonyl (C=O) groups excluding carboxylic acids is 1. The van der Waals surface area contributed by atoms with Crippen molar-refractivity contribution in [3.63, 3.8) is 0 Å². The zero-order chi connectivity index (χ0) is 20.3. The fraction of sp³-hybridized carbons (Fsp3) is 0.211. The summed E-state index contributed by atoms with van der Waals surface area (Å²) in [5.74, 6) is -0.801. The number of nitrogens with zero attached hydrogens (tertiary/aromatic N) is 2. The minimum absolute atomic E-state index is 0.0552. The molecule has 0 aliphatic rings. The monoisotopic (exact) mass is 392 g/mol. The van der Waals surface area contributed by atoms with Crippen LogP contribution in [-0.2, 0) is 4.74 Å². The highest BCUT2D eigenvalue weighted by Gasteiger charge is 2.31. The summed E-state index contributed by atoms with van der Waals surface area (Å²) in [4.78, 5) is 12.2. The van der Waals surface area contributed by atoms with Crippen LogP contribution in [0.15, 0.2) is 52.9 Å². The van der Waals surface area contributed by atoms with Gasteiger partial charge in [0.1, 0.15) is 5.75 Å². The third-order valence-electron chi connectivity index (χ3n) is 3.69. The van der Waals surface area contributed by atoms with Crippen molar-refractivity contribution >= 4 is 5.97 Å². The Kier molecular flexibility index (Phi) is 5.34. The molecule has 0 N–H and O–H groups in total. The molecule has 0 aliphatic heterocycles. The van der Waals surface area contributed by atoms with Crippen LogP contribution in [0.3, 0.4) is 0 Å². The molecule has 9 heteroatoms. The zero-order valence-corrected chi connectivity index (χ0v) is 14.9. The number of esters is 1. The molecule has 1 heterocycles. The molecule has 0 radical (unpaired) electrons. The molecule has 1 atom stereocenters. The number of rotatable bonds is 5. The van der Waals surface area contributed by atoms with Crippen molar-refractivity contribution in [2.75, 3.05) is 0 Å². The van der Waals surface area contributed by atoms with Gasteiger partial charge in [0.25, 0.3) is 5.89 Å². The van der Waals surface area contributed by atoms with Gasteiger partial charge in [-0.15, -0.1) is 23.4 Å². The van der Waals surface area contributed by atoms with Gasteiger partial charge in [-0.2, -0.15) is 0 Å². The molecule has 6 nitrogen and oxygen atoms in total. The Morgan fingerprint density at radius 2 is 1.68 bits per heavy atom. The van der Waals surface area contributed by atoms with Gasteiger partial charge >= 0.3 is 12.3 Å². The molecular formula is C19H15F3N2O4. The quantitative estimate of drug-likeness (QED) is 0.577. The predicted molar refractivity (Wildman–Crippen MR) is 91.4 cm³/mol. The summed E-state index contributed by atoms with van der Waals surface area (Å²) in [6.45, 7) is 3.50. The lowest BCUT2D eigenvalue weighted by Crippen LogP contribution is -2.17. The topological polar surface area (TPSA) is 74.5 Å². The summed E-state index contributed by atoms with van der Waals surface area (Å²) < 4.78 is 51.0. The molecule has 1 aromatic heterocycles. The number of halogens is 3. The lowest BCUT2D eigenvalue weighted by molar-refractivity contribution is -0.274. The van der Waals surface area contributed by atoms with Gasteiger partial charge in [0.2, 0.25) is 5.89 Å². The maximum absolute atomic E-state index is 12.2. The highest BCUT2D eigenvalue weighted by Crippen LogP contribution is 2.25. The standard InChI is InChI=1S/C19H15F3N2O4/c1-11-3-5-13(6-4-11)17-24-23-16(27-17)12(2)26-18(25)14-7-9-15(10-8-14)28-19(20,21)22/h3-10,12H,1-2H3. The van der Waals surface area contributed by atoms with Crippen LogP contribution in [0.5, 0.6) is 5.75 Å². The van der Waals surface area contributed by atoms with Crippen molar-refractivity contribution in [1.82, 2.24) is 10.2 Å². The molecule has 3 aromatic rings. The highest BCUT2D eigenvalue weighted by molar-refractivity contribution is 5.89. The van der Waals surface area contributed by atoms with E-state index in [0.29, 0.717) is 0 Å². The van der Waals surface area contributed by atoms with Crippen molar-refractivity contribution in [2.24, 2.45) is 0 Å². The second kappa shape index (κ2) is 7.71. The van der Waals surface area contributed by atoms with Crippen LogP contribution in [0.25, 0.3) is 11.5 Å². The van der Waals surface area contributed by atoms with Crippen molar-refractivity contribution in [1.29, 1.82) is 0 Å². The van der Waals surface area contributed by atoms with E-state index >= 15 is 0 Å². The van der Waals surface area contributed by atoms with Crippen molar-refractivity contribution in [3.05, 3.63) is 65.5 Å². The van der Waals surface area contributed by atoms with Crippen LogP contribution in [-0.4, -0.2) is 22.5 Å². The fourth-order valence-electron chi connectivity index (χ4n) is 2.28. The summed E-state index contributed by atoms with van der Waals surface area (Å²) >= 11 is 0. The summed E-state index contributed by atoms with van der Waals surface area (Å²) in [5, 5.41) is 7.81. The maximum Gasteiger partial charge on any atom is 0.573 e. The minimum Gasteiger partial charge on any atom is -0.449 e. The first-order valence-corrected chi connectivity index (χ1v) is 8.18. The first-order valence-electron chi connectivity index (χ1n) is 8.18. The molecule has 0 bridgehead atoms. The number of hydrogen-bond acceptors (Lipinski definition) is 6. The van der Waals surface area contributed by atoms with Crippen LogP contribution in [0.1, 0.15) is 34.8 Å². The predicted octanol–water partition coefficient (Wildman–Crippen LogP) is 4.86. The highest BCUT2D eigenvalue weighted by atomic mass is 19.4. The Balaban J connectivity index is 1.65. The van der Waals surface area contributed by atoms with Gasteiger partial charge in [-0.05, 0) is 50.2 Å². The summed E-state index contributed by atoms with van der Waals surface area (Å²) in [6, 6.07) is 11.8. The molecule has 0 amide bonds. The molecular weight excluding hydrogens is 377 g/mol. The molecule has 146 valence electrons. The molecule has 28 heavy (non-hydrogen) atoms. The van der Waals surface area contributed by atoms with Crippen LogP contribution in [0.2, 0.25) is 0 Å². The molecule has 2 aromatic carbocycles. The third-order valence-corrected chi connectivity index (χ3v) is 3.69. The Morgan fingerprint density at radius 1 is 1.04 bits per heavy atom. The van der Waals surface area contributed by atoms with E-state index in [1.165, 1.54) is 12.1 Å². The van der Waals surface area contributed by atoms with Crippen molar-refractivity contribution < 1.29 is 31.9 Å². The van der Waals surface area contributed by atoms with E-state index in [4.69, 9.17) is 9.15 Å². The smallest absolute Gasteiger partial charge is 0.449 e. The maximum atomic E-state index is 12.2. The second-order valence-corrected chi connectivity index (χ2v) is 5.93. The minimum atomic E-state index is -4.80. The van der Waals surface area contributed by atoms with Crippen LogP contribution in [0.4, 0.5) is 13.2 Å². The number of aryl methyl sites for hydroxylation is 1. The number of hydrogen-bond donors (Lipinski definition) is 0. The third kappa shape index (κ3) is 4.87. The fourth-order valence-corrected chi connectivity index (χ4v) is 2.28. The van der Waals surface area contributed by atoms with E-state index in [1.54, 1.807) is 6.92 Å². The van der Waals surface area contributed by atoms with Gasteiger partial charge in [-0.25, -0.2) is 4.79 Å². The van der Waals surface area contributed by atoms with Crippen LogP contribution in [0, 0.1) is 6.92 Å². The number of alkyl halides is 3. The molecule has 0 saturated carbocycles. The van der Waals surface area contributed by atoms with Gasteiger partial charge in [0, 0.05) is 5.56 Å². The largest absolute Gasteiger partial charge is 0.573 e. The number of carbonyl (C=O) groups is 1. The van der Waals surface area contributed by atoms with Gasteiger partial charge in [0.15, 0.2) is 6.10 Å². The Morgan fingerprint density at radius 3 is 2.29 bits per heavy atom. The lowest BCUT2D eigenvalue weighted by atomic mass is 10.1. The van der Waals surface area contributed by atoms with E-state index in [1.807, 2.05) is 31.2 Å². The van der Waals surface area contributed by atoms with Crippen molar-refractivity contribution in [3.8, 4) is 17.2 Å². The van der Waals surface area contributed by atoms with E-state index in [2.05, 4.69) is 14.9 Å². The molecule has 0 aliphatic carbocycles. The average molecular weight is 392 g/mol. The summed E-state index contributed by atoms with van der Waals surface area (Å²) in [7, 11) is 0. The van der Waals surface area contributed by atoms with Crippen molar-refractivity contribution in [2.45, 2.75) is 26.3 Å². The first kappa shape index (κ1) is 19.4. The van der Waals surface area contributed by atoms with Crippen LogP contribution < -0.4 is 4.74 Å². The van der Waals surface area contributed by atoms with Gasteiger partial charge in [0.05, 0.1) is 5.56 Å². The van der Waals surface area contributed by atoms with Gasteiger partial charge in [-0.3, -0.25) is 0 Å². The second-order valence-electron chi connectivity index (χ2n) is 5.93. The zero-order valence-electron chi connectivity index (χ0n) is 14.9.